The number of ether oxygens (including phenoxy) is 5. The van der Waals surface area contributed by atoms with Gasteiger partial charge in [0.25, 0.3) is 0 Å². The first-order chi connectivity index (χ1) is 21.3. The van der Waals surface area contributed by atoms with E-state index in [0.29, 0.717) is 40.9 Å². The zero-order chi connectivity index (χ0) is 32.0. The van der Waals surface area contributed by atoms with E-state index in [-0.39, 0.29) is 44.9 Å². The number of methoxy groups -OCH3 is 1. The van der Waals surface area contributed by atoms with E-state index < -0.39 is 5.60 Å². The average Bonchev–Trinajstić information content (AvgIpc) is 3.57. The molecule has 0 amide bonds. The van der Waals surface area contributed by atoms with Crippen molar-refractivity contribution < 1.29 is 28.8 Å². The van der Waals surface area contributed by atoms with Gasteiger partial charge in [0.1, 0.15) is 6.10 Å². The molecule has 5 saturated carbocycles. The maximum absolute atomic E-state index is 10.9. The Morgan fingerprint density at radius 1 is 0.957 bits per heavy atom. The molecule has 7 rings (SSSR count). The van der Waals surface area contributed by atoms with Gasteiger partial charge < -0.3 is 28.8 Å². The van der Waals surface area contributed by atoms with Gasteiger partial charge in [-0.05, 0) is 137 Å². The van der Waals surface area contributed by atoms with Gasteiger partial charge in [-0.25, -0.2) is 0 Å². The second kappa shape index (κ2) is 13.4. The molecule has 274 valence electrons. The summed E-state index contributed by atoms with van der Waals surface area (Å²) < 4.78 is 31.7. The van der Waals surface area contributed by atoms with Crippen molar-refractivity contribution in [3.63, 3.8) is 0 Å². The molecule has 0 aromatic rings. The van der Waals surface area contributed by atoms with E-state index in [1.807, 2.05) is 20.8 Å². The van der Waals surface area contributed by atoms with Gasteiger partial charge >= 0.3 is 0 Å². The molecule has 0 radical (unpaired) electrons. The van der Waals surface area contributed by atoms with Crippen LogP contribution in [0.5, 0.6) is 0 Å². The summed E-state index contributed by atoms with van der Waals surface area (Å²) in [6, 6.07) is 0.384. The van der Waals surface area contributed by atoms with Crippen LogP contribution in [-0.2, 0) is 23.7 Å². The zero-order valence-corrected chi connectivity index (χ0v) is 29.8. The van der Waals surface area contributed by atoms with Crippen LogP contribution in [0.25, 0.3) is 0 Å². The lowest BCUT2D eigenvalue weighted by Gasteiger charge is -2.60. The third-order valence-corrected chi connectivity index (χ3v) is 15.4. The molecule has 2 saturated heterocycles. The summed E-state index contributed by atoms with van der Waals surface area (Å²) in [4.78, 5) is 2.47. The number of rotatable bonds is 9. The molecule has 7 heteroatoms. The number of nitrogens with zero attached hydrogens (tertiary/aromatic N) is 1. The van der Waals surface area contributed by atoms with Crippen molar-refractivity contribution in [1.82, 2.24) is 4.90 Å². The summed E-state index contributed by atoms with van der Waals surface area (Å²) in [5.74, 6) is 2.98. The maximum Gasteiger partial charge on any atom is 0.170 e. The summed E-state index contributed by atoms with van der Waals surface area (Å²) in [6.45, 7) is 19.6. The minimum Gasteiger partial charge on any atom is -0.388 e. The molecule has 2 aliphatic heterocycles. The van der Waals surface area contributed by atoms with E-state index in [1.165, 1.54) is 57.8 Å². The predicted molar refractivity (Wildman–Crippen MR) is 188 cm³/mol. The highest BCUT2D eigenvalue weighted by atomic mass is 16.7. The van der Waals surface area contributed by atoms with Gasteiger partial charge in [-0.3, -0.25) is 4.90 Å². The number of fused-ring (bicyclic) bond motifs is 4. The fourth-order valence-electron chi connectivity index (χ4n) is 13.3. The first-order valence-corrected chi connectivity index (χ1v) is 18.8. The van der Waals surface area contributed by atoms with Crippen molar-refractivity contribution in [1.29, 1.82) is 0 Å². The van der Waals surface area contributed by atoms with Gasteiger partial charge in [0.15, 0.2) is 6.29 Å². The molecule has 5 aliphatic carbocycles. The fourth-order valence-corrected chi connectivity index (χ4v) is 13.3. The second-order valence-corrected chi connectivity index (χ2v) is 18.1. The number of hydrogen-bond acceptors (Lipinski definition) is 7. The summed E-state index contributed by atoms with van der Waals surface area (Å²) in [6.07, 6.45) is 13.0. The van der Waals surface area contributed by atoms with E-state index in [0.717, 1.165) is 50.5 Å². The van der Waals surface area contributed by atoms with Gasteiger partial charge in [0.2, 0.25) is 0 Å². The molecule has 8 unspecified atom stereocenters. The van der Waals surface area contributed by atoms with Crippen molar-refractivity contribution in [2.24, 2.45) is 45.3 Å². The largest absolute Gasteiger partial charge is 0.388 e. The van der Waals surface area contributed by atoms with Gasteiger partial charge in [0, 0.05) is 32.8 Å². The standard InChI is InChI=1S/C38H65NO6.2CH4/c1-9-42-33(35(5,6)40)28-12-10-26-29(44-28)20-27-25-11-13-30-34(3,4)31(45-32-21-39(18-19-43-32)24(2)22-41-8)14-15-38(30)23-37(25,38)17-16-36(26,27)7;;/h24-33,40H,9-23H2,1-8H3;2*1H4/t24?,25?,26?,27?,28?,29?,30?,31-,32?,33-,36+,37-,38+;;/m0../s1. The lowest BCUT2D eigenvalue weighted by atomic mass is 9.46. The molecule has 13 atom stereocenters. The molecule has 7 nitrogen and oxygen atoms in total. The molecular formula is C40H73NO6. The van der Waals surface area contributed by atoms with Crippen LogP contribution in [0.4, 0.5) is 0 Å². The SMILES string of the molecule is C.C.CCO[C@@H](C1CCC2C(CC3C4CCC5C(C)(C)[C@@H](OC6CN(C(C)COC)CCO6)CC[C@@]56C[C@@]46CC[C@]23C)O1)C(C)(C)O. The number of aliphatic hydroxyl groups is 1. The highest BCUT2D eigenvalue weighted by Gasteiger charge is 2.80. The van der Waals surface area contributed by atoms with Crippen LogP contribution in [0.15, 0.2) is 0 Å². The lowest BCUT2D eigenvalue weighted by Crippen LogP contribution is -2.56. The summed E-state index contributed by atoms with van der Waals surface area (Å²) in [7, 11) is 1.79. The molecule has 0 aromatic carbocycles. The molecule has 47 heavy (non-hydrogen) atoms. The second-order valence-electron chi connectivity index (χ2n) is 18.1. The van der Waals surface area contributed by atoms with Crippen LogP contribution in [-0.4, -0.2) is 92.4 Å². The molecule has 1 N–H and O–H groups in total. The third kappa shape index (κ3) is 5.90. The van der Waals surface area contributed by atoms with E-state index >= 15 is 0 Å². The van der Waals surface area contributed by atoms with Crippen LogP contribution in [0.1, 0.15) is 128 Å². The molecule has 0 aromatic heterocycles. The Balaban J connectivity index is 0.00000217. The van der Waals surface area contributed by atoms with Crippen LogP contribution in [0.3, 0.4) is 0 Å². The van der Waals surface area contributed by atoms with Crippen molar-refractivity contribution in [3.05, 3.63) is 0 Å². The van der Waals surface area contributed by atoms with E-state index in [4.69, 9.17) is 23.7 Å². The zero-order valence-electron chi connectivity index (χ0n) is 29.8. The van der Waals surface area contributed by atoms with E-state index in [1.54, 1.807) is 7.11 Å². The minimum absolute atomic E-state index is 0. The quantitative estimate of drug-likeness (QED) is 0.271. The summed E-state index contributed by atoms with van der Waals surface area (Å²) in [5, 5.41) is 10.9. The highest BCUT2D eigenvalue weighted by Crippen LogP contribution is 2.87. The summed E-state index contributed by atoms with van der Waals surface area (Å²) >= 11 is 0. The monoisotopic (exact) mass is 664 g/mol. The third-order valence-electron chi connectivity index (χ3n) is 15.4. The van der Waals surface area contributed by atoms with E-state index in [2.05, 4.69) is 32.6 Å². The Labute approximate surface area is 288 Å². The first-order valence-electron chi connectivity index (χ1n) is 18.8. The van der Waals surface area contributed by atoms with Gasteiger partial charge in [0.05, 0.1) is 37.1 Å². The Bertz CT molecular complexity index is 1080. The average molecular weight is 664 g/mol. The van der Waals surface area contributed by atoms with Crippen LogP contribution in [0.2, 0.25) is 0 Å². The molecular weight excluding hydrogens is 590 g/mol. The van der Waals surface area contributed by atoms with Crippen LogP contribution in [0, 0.1) is 45.3 Å². The van der Waals surface area contributed by atoms with Crippen molar-refractivity contribution in [2.45, 2.75) is 170 Å². The maximum atomic E-state index is 10.9. The van der Waals surface area contributed by atoms with Crippen molar-refractivity contribution in [2.75, 3.05) is 40.0 Å². The minimum atomic E-state index is -0.897. The van der Waals surface area contributed by atoms with Gasteiger partial charge in [-0.2, -0.15) is 0 Å². The first kappa shape index (κ1) is 38.0. The fraction of sp³-hybridized carbons (Fsp3) is 1.00. The molecule has 7 aliphatic rings. The topological polar surface area (TPSA) is 69.6 Å². The predicted octanol–water partition coefficient (Wildman–Crippen LogP) is 7.72. The van der Waals surface area contributed by atoms with Gasteiger partial charge in [-0.1, -0.05) is 35.6 Å². The summed E-state index contributed by atoms with van der Waals surface area (Å²) in [5.41, 5.74) is 0.682. The molecule has 7 fully saturated rings. The molecule has 2 spiro atoms. The number of morpholine rings is 1. The van der Waals surface area contributed by atoms with Crippen molar-refractivity contribution in [3.8, 4) is 0 Å². The van der Waals surface area contributed by atoms with Crippen molar-refractivity contribution >= 4 is 0 Å². The van der Waals surface area contributed by atoms with Gasteiger partial charge in [-0.15, -0.1) is 0 Å². The smallest absolute Gasteiger partial charge is 0.170 e. The Morgan fingerprint density at radius 2 is 1.70 bits per heavy atom. The van der Waals surface area contributed by atoms with Crippen LogP contribution >= 0.6 is 0 Å². The molecule has 0 bridgehead atoms. The Kier molecular flexibility index (Phi) is 10.8. The number of hydrogen-bond donors (Lipinski definition) is 1. The normalized spacial score (nSPS) is 46.7. The Morgan fingerprint density at radius 3 is 2.40 bits per heavy atom. The molecule has 2 heterocycles. The highest BCUT2D eigenvalue weighted by molar-refractivity contribution is 5.29. The lowest BCUT2D eigenvalue weighted by molar-refractivity contribution is -0.248. The van der Waals surface area contributed by atoms with Crippen LogP contribution < -0.4 is 0 Å². The Hall–Kier alpha value is -0.280. The van der Waals surface area contributed by atoms with E-state index in [9.17, 15) is 5.11 Å².